The quantitative estimate of drug-likeness (QED) is 0.0714. The third kappa shape index (κ3) is 8.85. The van der Waals surface area contributed by atoms with E-state index in [9.17, 15) is 10.0 Å². The number of nitrogens with zero attached hydrogens (tertiary/aromatic N) is 6. The Bertz CT molecular complexity index is 1850. The minimum atomic E-state index is -0.539. The molecule has 1 aliphatic heterocycles. The predicted molar refractivity (Wildman–Crippen MR) is 190 cm³/mol. The zero-order valence-corrected chi connectivity index (χ0v) is 28.3. The van der Waals surface area contributed by atoms with Crippen molar-refractivity contribution in [3.8, 4) is 17.1 Å². The minimum absolute atomic E-state index is 0.0159. The van der Waals surface area contributed by atoms with Gasteiger partial charge in [0.25, 0.3) is 5.82 Å². The van der Waals surface area contributed by atoms with E-state index >= 15 is 0 Å². The molecule has 6 rings (SSSR count). The Labute approximate surface area is 287 Å². The molecule has 0 fully saturated rings. The molecule has 1 aliphatic rings. The molecule has 11 heteroatoms. The van der Waals surface area contributed by atoms with Gasteiger partial charge >= 0.3 is 5.82 Å². The Hall–Kier alpha value is -5.16. The van der Waals surface area contributed by atoms with Crippen molar-refractivity contribution in [3.63, 3.8) is 0 Å². The van der Waals surface area contributed by atoms with Gasteiger partial charge in [-0.05, 0) is 101 Å². The first-order valence-electron chi connectivity index (χ1n) is 17.2. The van der Waals surface area contributed by atoms with Crippen LogP contribution in [0, 0.1) is 6.92 Å². The Kier molecular flexibility index (Phi) is 11.2. The molecule has 0 bridgehead atoms. The highest BCUT2D eigenvalue weighted by Crippen LogP contribution is 2.24. The number of anilines is 2. The number of aryl methyl sites for hydroxylation is 3. The average molecular weight is 662 g/mol. The molecule has 0 amide bonds. The maximum absolute atomic E-state index is 13.1. The fourth-order valence-electron chi connectivity index (χ4n) is 6.14. The summed E-state index contributed by atoms with van der Waals surface area (Å²) in [5.41, 5.74) is 4.72. The third-order valence-electron chi connectivity index (χ3n) is 8.92. The molecule has 0 unspecified atom stereocenters. The lowest BCUT2D eigenvalue weighted by Crippen LogP contribution is -2.43. The summed E-state index contributed by atoms with van der Waals surface area (Å²) in [5, 5.41) is 18.9. The number of aromatic nitrogens is 5. The van der Waals surface area contributed by atoms with Crippen LogP contribution in [0.2, 0.25) is 0 Å². The fourth-order valence-corrected chi connectivity index (χ4v) is 6.14. The Morgan fingerprint density at radius 3 is 2.76 bits per heavy atom. The van der Waals surface area contributed by atoms with Crippen LogP contribution in [0.4, 0.5) is 11.6 Å². The van der Waals surface area contributed by atoms with Gasteiger partial charge in [0.2, 0.25) is 0 Å². The number of hydrogen-bond acceptors (Lipinski definition) is 10. The maximum atomic E-state index is 13.1. The normalized spacial score (nSPS) is 13.1. The minimum Gasteiger partial charge on any atom is -0.491 e. The van der Waals surface area contributed by atoms with Crippen LogP contribution in [0.1, 0.15) is 49.6 Å². The zero-order valence-electron chi connectivity index (χ0n) is 28.3. The lowest BCUT2D eigenvalue weighted by atomic mass is 10.1. The molecule has 1 atom stereocenters. The van der Waals surface area contributed by atoms with Crippen LogP contribution in [0.25, 0.3) is 22.3 Å². The van der Waals surface area contributed by atoms with Crippen LogP contribution < -0.4 is 20.1 Å². The molecule has 254 valence electrons. The summed E-state index contributed by atoms with van der Waals surface area (Å²) in [7, 11) is 0. The van der Waals surface area contributed by atoms with E-state index in [2.05, 4.69) is 37.6 Å². The largest absolute Gasteiger partial charge is 0.491 e. The molecule has 5 heterocycles. The molecule has 4 aromatic heterocycles. The first kappa shape index (κ1) is 33.7. The number of benzene rings is 1. The first-order valence-corrected chi connectivity index (χ1v) is 17.2. The summed E-state index contributed by atoms with van der Waals surface area (Å²) in [4.78, 5) is 33.5. The summed E-state index contributed by atoms with van der Waals surface area (Å²) in [6.07, 6.45) is 10.8. The topological polar surface area (TPSA) is 129 Å². The second-order valence-corrected chi connectivity index (χ2v) is 12.6. The number of Topliss-reactive ketones (excluding diaryl/α,β-unsaturated/α-hetero) is 1. The molecule has 5 aromatic rings. The first-order chi connectivity index (χ1) is 23.9. The van der Waals surface area contributed by atoms with Crippen molar-refractivity contribution in [2.45, 2.75) is 58.4 Å². The lowest BCUT2D eigenvalue weighted by Gasteiger charge is -2.24. The van der Waals surface area contributed by atoms with E-state index in [1.54, 1.807) is 31.6 Å². The second-order valence-electron chi connectivity index (χ2n) is 12.6. The molecule has 0 saturated heterocycles. The fraction of sp³-hybridized carbons (Fsp3) is 0.368. The monoisotopic (exact) mass is 661 g/mol. The summed E-state index contributed by atoms with van der Waals surface area (Å²) in [5.74, 6) is 2.51. The van der Waals surface area contributed by atoms with E-state index < -0.39 is 6.04 Å². The third-order valence-corrected chi connectivity index (χ3v) is 8.92. The Morgan fingerprint density at radius 2 is 1.94 bits per heavy atom. The highest BCUT2D eigenvalue weighted by molar-refractivity contribution is 5.91. The van der Waals surface area contributed by atoms with Crippen molar-refractivity contribution in [3.05, 3.63) is 96.2 Å². The van der Waals surface area contributed by atoms with Crippen LogP contribution >= 0.6 is 0 Å². The number of carbonyl (C=O) groups excluding carboxylic acids is 1. The van der Waals surface area contributed by atoms with Gasteiger partial charge in [-0.2, -0.15) is 0 Å². The molecular weight excluding hydrogens is 616 g/mol. The number of ether oxygens (including phenoxy) is 1. The van der Waals surface area contributed by atoms with Gasteiger partial charge in [-0.15, -0.1) is 0 Å². The molecule has 0 saturated carbocycles. The summed E-state index contributed by atoms with van der Waals surface area (Å²) < 4.78 is 7.07. The highest BCUT2D eigenvalue weighted by atomic mass is 16.5. The molecule has 0 spiro atoms. The average Bonchev–Trinajstić information content (AvgIpc) is 3.13. The maximum Gasteiger partial charge on any atom is 0.309 e. The summed E-state index contributed by atoms with van der Waals surface area (Å²) in [6, 6.07) is 18.9. The molecule has 3 N–H and O–H groups in total. The van der Waals surface area contributed by atoms with E-state index in [0.29, 0.717) is 54.2 Å². The van der Waals surface area contributed by atoms with Gasteiger partial charge < -0.3 is 15.3 Å². The predicted octanol–water partition coefficient (Wildman–Crippen LogP) is 5.44. The van der Waals surface area contributed by atoms with Crippen molar-refractivity contribution in [1.82, 2.24) is 24.8 Å². The van der Waals surface area contributed by atoms with Crippen LogP contribution in [0.5, 0.6) is 5.75 Å². The van der Waals surface area contributed by atoms with Crippen LogP contribution in [-0.2, 0) is 17.6 Å². The van der Waals surface area contributed by atoms with Crippen LogP contribution in [0.15, 0.2) is 79.3 Å². The molecule has 49 heavy (non-hydrogen) atoms. The molecule has 1 aromatic carbocycles. The Balaban J connectivity index is 1.13. The van der Waals surface area contributed by atoms with Crippen molar-refractivity contribution in [1.29, 1.82) is 0 Å². The molecule has 11 nitrogen and oxygen atoms in total. The SMILES string of the molecule is CC(=O)[C@H](CCN(CCCCc1ccc2c(n1)NCCC2)CCOc1ccc(C)nc1)Nc1c2ccccc2nc(-c2cccnc2)[n+]1O. The number of ketones is 1. The van der Waals surface area contributed by atoms with Gasteiger partial charge in [0, 0.05) is 49.8 Å². The van der Waals surface area contributed by atoms with Gasteiger partial charge in [-0.25, -0.2) is 4.98 Å². The van der Waals surface area contributed by atoms with Gasteiger partial charge in [-0.3, -0.25) is 25.0 Å². The van der Waals surface area contributed by atoms with E-state index in [-0.39, 0.29) is 5.78 Å². The number of carbonyl (C=O) groups is 1. The van der Waals surface area contributed by atoms with Gasteiger partial charge in [0.05, 0.1) is 17.1 Å². The number of nitrogens with one attached hydrogen (secondary N) is 2. The van der Waals surface area contributed by atoms with Gasteiger partial charge in [0.1, 0.15) is 24.2 Å². The van der Waals surface area contributed by atoms with E-state index in [1.807, 2.05) is 49.4 Å². The number of fused-ring (bicyclic) bond motifs is 2. The number of pyridine rings is 3. The molecular formula is C38H45N8O3+. The summed E-state index contributed by atoms with van der Waals surface area (Å²) in [6.45, 7) is 7.24. The highest BCUT2D eigenvalue weighted by Gasteiger charge is 2.27. The molecule has 0 aliphatic carbocycles. The van der Waals surface area contributed by atoms with Gasteiger partial charge in [0.15, 0.2) is 11.3 Å². The molecule has 0 radical (unpaired) electrons. The van der Waals surface area contributed by atoms with Crippen LogP contribution in [0.3, 0.4) is 0 Å². The van der Waals surface area contributed by atoms with E-state index in [1.165, 1.54) is 5.56 Å². The smallest absolute Gasteiger partial charge is 0.309 e. The summed E-state index contributed by atoms with van der Waals surface area (Å²) >= 11 is 0. The van der Waals surface area contributed by atoms with E-state index in [0.717, 1.165) is 72.9 Å². The van der Waals surface area contributed by atoms with Gasteiger partial charge in [-0.1, -0.05) is 27.9 Å². The Morgan fingerprint density at radius 1 is 1.04 bits per heavy atom. The standard InChI is InChI=1S/C38H44N8O3/c1-27-14-17-32(26-41-27)49-24-23-45(21-6-5-11-31-16-15-29-9-8-20-40-36(29)42-31)22-18-34(28(2)47)43-38-33-12-3-4-13-35(33)44-37(46(38)48)30-10-7-19-39-25-30/h3-4,7,10,12-17,19,25-26,34,48H,5-6,8-9,11,18,20-24H2,1-2H3,(H,40,42)/p+1/t34-/m0/s1. The number of rotatable bonds is 16. The number of hydrogen-bond donors (Lipinski definition) is 3. The zero-order chi connectivity index (χ0) is 34.0. The van der Waals surface area contributed by atoms with Crippen molar-refractivity contribution in [2.75, 3.05) is 43.4 Å². The second kappa shape index (κ2) is 16.3. The van der Waals surface area contributed by atoms with Crippen molar-refractivity contribution < 1.29 is 19.5 Å². The van der Waals surface area contributed by atoms with E-state index in [4.69, 9.17) is 14.7 Å². The lowest BCUT2D eigenvalue weighted by molar-refractivity contribution is -0.885. The van der Waals surface area contributed by atoms with Crippen molar-refractivity contribution >= 4 is 28.3 Å². The number of para-hydroxylation sites is 1. The van der Waals surface area contributed by atoms with Crippen molar-refractivity contribution in [2.24, 2.45) is 0 Å². The number of unbranched alkanes of at least 4 members (excludes halogenated alkanes) is 1. The van der Waals surface area contributed by atoms with Crippen LogP contribution in [-0.4, -0.2) is 74.7 Å².